The summed E-state index contributed by atoms with van der Waals surface area (Å²) < 4.78 is 1.74. The molecule has 22 heavy (non-hydrogen) atoms. The third-order valence-corrected chi connectivity index (χ3v) is 3.68. The first-order valence-electron chi connectivity index (χ1n) is 7.17. The minimum Gasteiger partial charge on any atom is -0.288 e. The number of nitrogens with zero attached hydrogens (tertiary/aromatic N) is 1. The normalized spacial score (nSPS) is 10.6. The molecule has 3 aromatic rings. The number of carbonyl (C=O) groups excluding carboxylic acids is 2. The molecule has 0 radical (unpaired) electrons. The van der Waals surface area contributed by atoms with Crippen LogP contribution in [0.15, 0.2) is 66.9 Å². The molecule has 0 aliphatic rings. The molecule has 0 bridgehead atoms. The molecule has 0 saturated heterocycles. The van der Waals surface area contributed by atoms with Crippen LogP contribution in [0.2, 0.25) is 0 Å². The van der Waals surface area contributed by atoms with Gasteiger partial charge in [-0.15, -0.1) is 0 Å². The van der Waals surface area contributed by atoms with E-state index in [-0.39, 0.29) is 18.1 Å². The third kappa shape index (κ3) is 2.66. The molecule has 3 rings (SSSR count). The second-order valence-corrected chi connectivity index (χ2v) is 5.22. The lowest BCUT2D eigenvalue weighted by atomic mass is 10.1. The molecule has 0 aliphatic heterocycles. The van der Waals surface area contributed by atoms with E-state index in [0.717, 1.165) is 10.8 Å². The van der Waals surface area contributed by atoms with Crippen molar-refractivity contribution in [3.8, 4) is 0 Å². The second kappa shape index (κ2) is 5.90. The Morgan fingerprint density at radius 1 is 0.909 bits per heavy atom. The summed E-state index contributed by atoms with van der Waals surface area (Å²) >= 11 is 0. The van der Waals surface area contributed by atoms with Gasteiger partial charge in [0.15, 0.2) is 6.20 Å². The van der Waals surface area contributed by atoms with Crippen molar-refractivity contribution in [3.63, 3.8) is 0 Å². The number of benzene rings is 2. The Labute approximate surface area is 128 Å². The van der Waals surface area contributed by atoms with E-state index in [2.05, 4.69) is 0 Å². The van der Waals surface area contributed by atoms with Gasteiger partial charge in [-0.05, 0) is 11.5 Å². The first kappa shape index (κ1) is 14.1. The molecule has 0 fully saturated rings. The minimum absolute atomic E-state index is 0.0108. The third-order valence-electron chi connectivity index (χ3n) is 3.68. The summed E-state index contributed by atoms with van der Waals surface area (Å²) in [6.45, 7) is 1.69. The van der Waals surface area contributed by atoms with Crippen LogP contribution in [0.1, 0.15) is 27.8 Å². The molecule has 3 heteroatoms. The summed E-state index contributed by atoms with van der Waals surface area (Å²) in [5.41, 5.74) is 1.22. The molecule has 0 saturated carbocycles. The van der Waals surface area contributed by atoms with Crippen molar-refractivity contribution in [2.75, 3.05) is 0 Å². The number of Topliss-reactive ketones (excluding diaryl/α,β-unsaturated/α-hetero) is 2. The lowest BCUT2D eigenvalue weighted by molar-refractivity contribution is -0.683. The molecule has 3 nitrogen and oxygen atoms in total. The Kier molecular flexibility index (Phi) is 3.79. The van der Waals surface area contributed by atoms with Crippen molar-refractivity contribution in [3.05, 3.63) is 78.1 Å². The summed E-state index contributed by atoms with van der Waals surface area (Å²) in [4.78, 5) is 24.5. The lowest BCUT2D eigenvalue weighted by Crippen LogP contribution is -2.43. The fourth-order valence-corrected chi connectivity index (χ4v) is 2.65. The van der Waals surface area contributed by atoms with Gasteiger partial charge in [0.25, 0.3) is 5.69 Å². The highest BCUT2D eigenvalue weighted by atomic mass is 16.1. The van der Waals surface area contributed by atoms with Crippen molar-refractivity contribution in [1.29, 1.82) is 0 Å². The number of carbonyl (C=O) groups is 2. The van der Waals surface area contributed by atoms with E-state index < -0.39 is 0 Å². The Bertz CT molecular complexity index is 854. The SMILES string of the molecule is CC(=O)c1c2ccccc2cc[n+]1CC(=O)c1ccccc1. The van der Waals surface area contributed by atoms with Gasteiger partial charge in [0.05, 0.1) is 5.39 Å². The van der Waals surface area contributed by atoms with Gasteiger partial charge < -0.3 is 0 Å². The fourth-order valence-electron chi connectivity index (χ4n) is 2.65. The van der Waals surface area contributed by atoms with E-state index >= 15 is 0 Å². The average molecular weight is 290 g/mol. The fraction of sp³-hybridized carbons (Fsp3) is 0.105. The van der Waals surface area contributed by atoms with Crippen molar-refractivity contribution in [1.82, 2.24) is 0 Å². The Balaban J connectivity index is 2.06. The van der Waals surface area contributed by atoms with Crippen molar-refractivity contribution >= 4 is 22.3 Å². The standard InChI is InChI=1S/C19H16NO2/c1-14(21)19-17-10-6-5-7-15(17)11-12-20(19)13-18(22)16-8-3-2-4-9-16/h2-12H,13H2,1H3/q+1. The summed E-state index contributed by atoms with van der Waals surface area (Å²) in [6.07, 6.45) is 1.81. The van der Waals surface area contributed by atoms with Crippen LogP contribution in [0.3, 0.4) is 0 Å². The van der Waals surface area contributed by atoms with Gasteiger partial charge >= 0.3 is 0 Å². The average Bonchev–Trinajstić information content (AvgIpc) is 2.55. The molecule has 1 heterocycles. The predicted molar refractivity (Wildman–Crippen MR) is 84.9 cm³/mol. The maximum absolute atomic E-state index is 12.4. The zero-order chi connectivity index (χ0) is 15.5. The van der Waals surface area contributed by atoms with E-state index in [1.54, 1.807) is 22.9 Å². The minimum atomic E-state index is -0.0438. The van der Waals surface area contributed by atoms with E-state index in [1.165, 1.54) is 6.92 Å². The largest absolute Gasteiger partial charge is 0.288 e. The first-order chi connectivity index (χ1) is 10.7. The smallest absolute Gasteiger partial charge is 0.256 e. The summed E-state index contributed by atoms with van der Waals surface area (Å²) in [7, 11) is 0. The van der Waals surface area contributed by atoms with Gasteiger partial charge in [0.2, 0.25) is 18.1 Å². The first-order valence-corrected chi connectivity index (χ1v) is 7.17. The Morgan fingerprint density at radius 2 is 1.59 bits per heavy atom. The number of aromatic nitrogens is 1. The number of hydrogen-bond acceptors (Lipinski definition) is 2. The van der Waals surface area contributed by atoms with Crippen LogP contribution in [-0.4, -0.2) is 11.6 Å². The number of ketones is 2. The molecule has 0 amide bonds. The van der Waals surface area contributed by atoms with Crippen LogP contribution < -0.4 is 4.57 Å². The number of pyridine rings is 1. The van der Waals surface area contributed by atoms with Crippen LogP contribution in [0, 0.1) is 0 Å². The van der Waals surface area contributed by atoms with E-state index in [9.17, 15) is 9.59 Å². The van der Waals surface area contributed by atoms with Gasteiger partial charge in [0, 0.05) is 18.6 Å². The van der Waals surface area contributed by atoms with Crippen LogP contribution in [-0.2, 0) is 6.54 Å². The maximum Gasteiger partial charge on any atom is 0.256 e. The molecule has 0 spiro atoms. The zero-order valence-corrected chi connectivity index (χ0v) is 12.3. The molecule has 0 atom stereocenters. The molecule has 0 unspecified atom stereocenters. The number of rotatable bonds is 4. The van der Waals surface area contributed by atoms with Crippen molar-refractivity contribution in [2.45, 2.75) is 13.5 Å². The molecular weight excluding hydrogens is 274 g/mol. The van der Waals surface area contributed by atoms with Gasteiger partial charge in [-0.2, -0.15) is 4.57 Å². The molecular formula is C19H16NO2+. The highest BCUT2D eigenvalue weighted by molar-refractivity contribution is 6.04. The number of hydrogen-bond donors (Lipinski definition) is 0. The van der Waals surface area contributed by atoms with Crippen LogP contribution >= 0.6 is 0 Å². The van der Waals surface area contributed by atoms with E-state index in [1.807, 2.05) is 48.5 Å². The monoisotopic (exact) mass is 290 g/mol. The van der Waals surface area contributed by atoms with Crippen molar-refractivity contribution in [2.24, 2.45) is 0 Å². The van der Waals surface area contributed by atoms with Gasteiger partial charge in [-0.1, -0.05) is 48.5 Å². The van der Waals surface area contributed by atoms with E-state index in [0.29, 0.717) is 11.3 Å². The summed E-state index contributed by atoms with van der Waals surface area (Å²) in [6, 6.07) is 18.8. The predicted octanol–water partition coefficient (Wildman–Crippen LogP) is 3.21. The highest BCUT2D eigenvalue weighted by Crippen LogP contribution is 2.16. The van der Waals surface area contributed by atoms with E-state index in [4.69, 9.17) is 0 Å². The van der Waals surface area contributed by atoms with Gasteiger partial charge in [-0.3, -0.25) is 9.59 Å². The van der Waals surface area contributed by atoms with Crippen LogP contribution in [0.25, 0.3) is 10.8 Å². The Hall–Kier alpha value is -2.81. The molecule has 0 N–H and O–H groups in total. The second-order valence-electron chi connectivity index (χ2n) is 5.22. The maximum atomic E-state index is 12.4. The zero-order valence-electron chi connectivity index (χ0n) is 12.3. The topological polar surface area (TPSA) is 38.0 Å². The molecule has 108 valence electrons. The summed E-state index contributed by atoms with van der Waals surface area (Å²) in [5.74, 6) is -0.0546. The van der Waals surface area contributed by atoms with Crippen LogP contribution in [0.5, 0.6) is 0 Å². The molecule has 2 aromatic carbocycles. The highest BCUT2D eigenvalue weighted by Gasteiger charge is 2.22. The van der Waals surface area contributed by atoms with Gasteiger partial charge in [0.1, 0.15) is 0 Å². The quantitative estimate of drug-likeness (QED) is 0.546. The Morgan fingerprint density at radius 3 is 2.32 bits per heavy atom. The molecule has 1 aromatic heterocycles. The summed E-state index contributed by atoms with van der Waals surface area (Å²) in [5, 5.41) is 1.87. The number of fused-ring (bicyclic) bond motifs is 1. The van der Waals surface area contributed by atoms with Crippen LogP contribution in [0.4, 0.5) is 0 Å². The molecule has 0 aliphatic carbocycles. The van der Waals surface area contributed by atoms with Crippen molar-refractivity contribution < 1.29 is 14.2 Å². The van der Waals surface area contributed by atoms with Gasteiger partial charge in [-0.25, -0.2) is 0 Å². The lowest BCUT2D eigenvalue weighted by Gasteiger charge is -2.05.